The van der Waals surface area contributed by atoms with Crippen molar-refractivity contribution in [2.45, 2.75) is 35.7 Å². The Morgan fingerprint density at radius 2 is 1.64 bits per heavy atom. The van der Waals surface area contributed by atoms with Crippen LogP contribution in [0.1, 0.15) is 25.7 Å². The topological polar surface area (TPSA) is 20.2 Å². The van der Waals surface area contributed by atoms with E-state index in [0.717, 1.165) is 0 Å². The highest BCUT2D eigenvalue weighted by molar-refractivity contribution is 14.1. The molecule has 0 aromatic heterocycles. The minimum atomic E-state index is -2.59. The van der Waals surface area contributed by atoms with Gasteiger partial charge in [0, 0.05) is 5.92 Å². The van der Waals surface area contributed by atoms with Gasteiger partial charge in [0.05, 0.1) is 6.10 Å². The van der Waals surface area contributed by atoms with Crippen molar-refractivity contribution in [2.75, 3.05) is 0 Å². The van der Waals surface area contributed by atoms with Crippen molar-refractivity contribution in [1.82, 2.24) is 0 Å². The largest absolute Gasteiger partial charge is 0.393 e. The summed E-state index contributed by atoms with van der Waals surface area (Å²) in [6.45, 7) is 0. The summed E-state index contributed by atoms with van der Waals surface area (Å²) in [5.41, 5.74) is 0. The van der Waals surface area contributed by atoms with E-state index in [1.807, 2.05) is 0 Å². The first-order valence-electron chi connectivity index (χ1n) is 3.75. The van der Waals surface area contributed by atoms with Gasteiger partial charge in [-0.1, -0.05) is 0 Å². The summed E-state index contributed by atoms with van der Waals surface area (Å²) in [7, 11) is 0. The molecule has 1 aliphatic rings. The molecule has 0 aliphatic heterocycles. The predicted octanol–water partition coefficient (Wildman–Crippen LogP) is 2.57. The van der Waals surface area contributed by atoms with E-state index < -0.39 is 9.85 Å². The number of alkyl halides is 3. The lowest BCUT2D eigenvalue weighted by molar-refractivity contribution is 0.00950. The maximum absolute atomic E-state index is 12.6. The Balaban J connectivity index is 2.39. The van der Waals surface area contributed by atoms with Gasteiger partial charge in [-0.25, -0.2) is 0 Å². The molecular weight excluding hydrogens is 265 g/mol. The Bertz CT molecular complexity index is 127. The van der Waals surface area contributed by atoms with Gasteiger partial charge >= 0.3 is 0 Å². The van der Waals surface area contributed by atoms with Crippen LogP contribution in [0.25, 0.3) is 0 Å². The number of halogens is 3. The zero-order chi connectivity index (χ0) is 8.48. The van der Waals surface area contributed by atoms with Crippen molar-refractivity contribution in [1.29, 1.82) is 0 Å². The Hall–Kier alpha value is 0.550. The van der Waals surface area contributed by atoms with E-state index in [1.165, 1.54) is 22.6 Å². The van der Waals surface area contributed by atoms with Gasteiger partial charge in [0.15, 0.2) is 0 Å². The summed E-state index contributed by atoms with van der Waals surface area (Å²) in [5, 5.41) is 9.05. The summed E-state index contributed by atoms with van der Waals surface area (Å²) in [4.78, 5) is 0. The van der Waals surface area contributed by atoms with Gasteiger partial charge in [0.2, 0.25) is 0 Å². The Labute approximate surface area is 78.3 Å². The molecule has 1 saturated carbocycles. The molecule has 4 heteroatoms. The third kappa shape index (κ3) is 2.82. The van der Waals surface area contributed by atoms with E-state index in [1.54, 1.807) is 0 Å². The molecule has 0 amide bonds. The summed E-state index contributed by atoms with van der Waals surface area (Å²) in [6, 6.07) is 0. The Kier molecular flexibility index (Phi) is 3.08. The molecule has 0 atom stereocenters. The monoisotopic (exact) mass is 276 g/mol. The van der Waals surface area contributed by atoms with Crippen molar-refractivity contribution in [3.63, 3.8) is 0 Å². The second-order valence-corrected chi connectivity index (χ2v) is 4.49. The molecule has 0 unspecified atom stereocenters. The normalized spacial score (nSPS) is 33.8. The fourth-order valence-corrected chi connectivity index (χ4v) is 2.03. The van der Waals surface area contributed by atoms with Gasteiger partial charge in [-0.15, -0.1) is 0 Å². The van der Waals surface area contributed by atoms with Gasteiger partial charge in [-0.2, -0.15) is 8.78 Å². The van der Waals surface area contributed by atoms with Crippen LogP contribution in [0.3, 0.4) is 0 Å². The molecule has 11 heavy (non-hydrogen) atoms. The first-order valence-corrected chi connectivity index (χ1v) is 4.83. The molecule has 1 aliphatic carbocycles. The van der Waals surface area contributed by atoms with Crippen molar-refractivity contribution in [3.05, 3.63) is 0 Å². The molecule has 0 heterocycles. The van der Waals surface area contributed by atoms with Crippen LogP contribution >= 0.6 is 22.6 Å². The van der Waals surface area contributed by atoms with Crippen molar-refractivity contribution in [3.8, 4) is 0 Å². The Morgan fingerprint density at radius 3 is 2.00 bits per heavy atom. The highest BCUT2D eigenvalue weighted by atomic mass is 127. The van der Waals surface area contributed by atoms with Crippen molar-refractivity contribution in [2.24, 2.45) is 5.92 Å². The third-order valence-corrected chi connectivity index (χ3v) is 3.04. The van der Waals surface area contributed by atoms with E-state index in [2.05, 4.69) is 0 Å². The zero-order valence-corrected chi connectivity index (χ0v) is 8.22. The van der Waals surface area contributed by atoms with E-state index in [4.69, 9.17) is 5.11 Å². The molecule has 0 spiro atoms. The zero-order valence-electron chi connectivity index (χ0n) is 6.06. The fourth-order valence-electron chi connectivity index (χ4n) is 1.40. The van der Waals surface area contributed by atoms with Crippen LogP contribution in [-0.2, 0) is 0 Å². The van der Waals surface area contributed by atoms with Crippen LogP contribution in [0.4, 0.5) is 8.78 Å². The second-order valence-electron chi connectivity index (χ2n) is 3.05. The predicted molar refractivity (Wildman–Crippen MR) is 46.9 cm³/mol. The number of hydrogen-bond donors (Lipinski definition) is 1. The van der Waals surface area contributed by atoms with Gasteiger partial charge in [0.25, 0.3) is 3.93 Å². The summed E-state index contributed by atoms with van der Waals surface area (Å²) < 4.78 is 22.7. The van der Waals surface area contributed by atoms with E-state index in [-0.39, 0.29) is 6.10 Å². The van der Waals surface area contributed by atoms with Crippen LogP contribution in [0.5, 0.6) is 0 Å². The number of rotatable bonds is 1. The first-order chi connectivity index (χ1) is 5.00. The number of aliphatic hydroxyl groups is 1. The molecule has 66 valence electrons. The van der Waals surface area contributed by atoms with Crippen LogP contribution in [0.15, 0.2) is 0 Å². The molecule has 1 N–H and O–H groups in total. The molecule has 0 bridgehead atoms. The summed E-state index contributed by atoms with van der Waals surface area (Å²) in [5.74, 6) is -0.522. The fraction of sp³-hybridized carbons (Fsp3) is 1.00. The highest BCUT2D eigenvalue weighted by Crippen LogP contribution is 2.40. The molecule has 0 saturated heterocycles. The molecular formula is C7H11F2IO. The Morgan fingerprint density at radius 1 is 1.18 bits per heavy atom. The van der Waals surface area contributed by atoms with Gasteiger partial charge < -0.3 is 5.11 Å². The summed E-state index contributed by atoms with van der Waals surface area (Å²) >= 11 is 1.19. The SMILES string of the molecule is OC1CCC(C(F)(F)I)CC1. The van der Waals surface area contributed by atoms with Crippen LogP contribution in [0, 0.1) is 5.92 Å². The quantitative estimate of drug-likeness (QED) is 0.576. The lowest BCUT2D eigenvalue weighted by Crippen LogP contribution is -2.28. The molecule has 0 aromatic rings. The molecule has 0 aromatic carbocycles. The highest BCUT2D eigenvalue weighted by Gasteiger charge is 2.38. The third-order valence-electron chi connectivity index (χ3n) is 2.16. The average molecular weight is 276 g/mol. The van der Waals surface area contributed by atoms with E-state index in [9.17, 15) is 8.78 Å². The van der Waals surface area contributed by atoms with Crippen LogP contribution in [-0.4, -0.2) is 15.1 Å². The molecule has 1 rings (SSSR count). The molecule has 1 fully saturated rings. The minimum Gasteiger partial charge on any atom is -0.393 e. The first kappa shape index (κ1) is 9.64. The van der Waals surface area contributed by atoms with E-state index >= 15 is 0 Å². The van der Waals surface area contributed by atoms with Crippen LogP contribution in [0.2, 0.25) is 0 Å². The van der Waals surface area contributed by atoms with Gasteiger partial charge in [-0.05, 0) is 48.3 Å². The number of aliphatic hydroxyl groups excluding tert-OH is 1. The standard InChI is InChI=1S/C7H11F2IO/c8-7(9,10)5-1-3-6(11)4-2-5/h5-6,11H,1-4H2. The lowest BCUT2D eigenvalue weighted by Gasteiger charge is -2.28. The summed E-state index contributed by atoms with van der Waals surface area (Å²) in [6.07, 6.45) is 1.63. The van der Waals surface area contributed by atoms with E-state index in [0.29, 0.717) is 25.7 Å². The van der Waals surface area contributed by atoms with Crippen molar-refractivity contribution < 1.29 is 13.9 Å². The smallest absolute Gasteiger partial charge is 0.299 e. The number of hydrogen-bond acceptors (Lipinski definition) is 1. The van der Waals surface area contributed by atoms with Gasteiger partial charge in [-0.3, -0.25) is 0 Å². The molecule has 1 nitrogen and oxygen atoms in total. The second kappa shape index (κ2) is 3.51. The maximum atomic E-state index is 12.6. The lowest BCUT2D eigenvalue weighted by atomic mass is 9.88. The minimum absolute atomic E-state index is 0.343. The maximum Gasteiger partial charge on any atom is 0.299 e. The van der Waals surface area contributed by atoms with Crippen molar-refractivity contribution >= 4 is 22.6 Å². The molecule has 0 radical (unpaired) electrons. The van der Waals surface area contributed by atoms with Crippen LogP contribution < -0.4 is 0 Å². The average Bonchev–Trinajstić information content (AvgIpc) is 1.86. The van der Waals surface area contributed by atoms with Gasteiger partial charge in [0.1, 0.15) is 0 Å².